The fourth-order valence-corrected chi connectivity index (χ4v) is 2.12. The van der Waals surface area contributed by atoms with E-state index in [-0.39, 0.29) is 17.2 Å². The Morgan fingerprint density at radius 1 is 1.19 bits per heavy atom. The number of alkyl halides is 3. The fourth-order valence-electron chi connectivity index (χ4n) is 2.12. The monoisotopic (exact) mass is 299 g/mol. The van der Waals surface area contributed by atoms with Crippen LogP contribution in [0.15, 0.2) is 18.2 Å². The molecule has 0 aliphatic heterocycles. The highest BCUT2D eigenvalue weighted by atomic mass is 19.4. The highest BCUT2D eigenvalue weighted by molar-refractivity contribution is 5.63. The Balaban J connectivity index is 2.68. The first kappa shape index (κ1) is 15.2. The molecule has 0 radical (unpaired) electrons. The third kappa shape index (κ3) is 2.96. The van der Waals surface area contributed by atoms with Crippen LogP contribution in [0.4, 0.5) is 23.4 Å². The predicted molar refractivity (Wildman–Crippen MR) is 71.0 cm³/mol. The van der Waals surface area contributed by atoms with Crippen molar-refractivity contribution in [2.45, 2.75) is 26.4 Å². The average molecular weight is 299 g/mol. The van der Waals surface area contributed by atoms with Crippen molar-refractivity contribution in [2.75, 3.05) is 5.73 Å². The van der Waals surface area contributed by atoms with Gasteiger partial charge in [0.1, 0.15) is 11.6 Å². The molecule has 1 aromatic heterocycles. The maximum absolute atomic E-state index is 13.1. The zero-order valence-corrected chi connectivity index (χ0v) is 11.4. The first-order valence-corrected chi connectivity index (χ1v) is 6.24. The molecule has 0 saturated heterocycles. The van der Waals surface area contributed by atoms with Crippen LogP contribution in [0, 0.1) is 12.7 Å². The van der Waals surface area contributed by atoms with Crippen LogP contribution in [0.3, 0.4) is 0 Å². The summed E-state index contributed by atoms with van der Waals surface area (Å²) in [4.78, 5) is 7.99. The van der Waals surface area contributed by atoms with Gasteiger partial charge in [0.05, 0.1) is 5.56 Å². The minimum atomic E-state index is -4.70. The van der Waals surface area contributed by atoms with Crippen LogP contribution in [0.25, 0.3) is 11.4 Å². The maximum atomic E-state index is 13.1. The smallest absolute Gasteiger partial charge is 0.383 e. The molecule has 112 valence electrons. The fraction of sp³-hybridized carbons (Fsp3) is 0.286. The summed E-state index contributed by atoms with van der Waals surface area (Å²) < 4.78 is 52.1. The number of rotatable bonds is 2. The Bertz CT molecular complexity index is 657. The number of benzene rings is 1. The molecule has 2 aromatic rings. The molecule has 0 aliphatic carbocycles. The Kier molecular flexibility index (Phi) is 3.85. The summed E-state index contributed by atoms with van der Waals surface area (Å²) in [6.07, 6.45) is -4.12. The molecule has 0 atom stereocenters. The number of aryl methyl sites for hydroxylation is 1. The molecule has 0 saturated carbocycles. The van der Waals surface area contributed by atoms with Gasteiger partial charge in [-0.05, 0) is 31.5 Å². The van der Waals surface area contributed by atoms with Gasteiger partial charge in [0.2, 0.25) is 0 Å². The van der Waals surface area contributed by atoms with Crippen LogP contribution in [-0.4, -0.2) is 9.97 Å². The Morgan fingerprint density at radius 2 is 1.86 bits per heavy atom. The lowest BCUT2D eigenvalue weighted by Gasteiger charge is -2.14. The summed E-state index contributed by atoms with van der Waals surface area (Å²) in [5.41, 5.74) is 5.54. The molecule has 2 rings (SSSR count). The summed E-state index contributed by atoms with van der Waals surface area (Å²) in [5.74, 6) is -0.993. The Labute approximate surface area is 118 Å². The van der Waals surface area contributed by atoms with Crippen LogP contribution in [-0.2, 0) is 12.6 Å². The van der Waals surface area contributed by atoms with Crippen molar-refractivity contribution in [1.82, 2.24) is 9.97 Å². The molecule has 0 amide bonds. The summed E-state index contributed by atoms with van der Waals surface area (Å²) in [7, 11) is 0. The zero-order chi connectivity index (χ0) is 15.8. The standard InChI is InChI=1S/C14H13F4N3/c1-3-9-7(2)20-13(21-12(9)19)10-5-4-8(15)6-11(10)14(16,17)18/h4-6H,3H2,1-2H3,(H2,19,20,21). The molecular formula is C14H13F4N3. The van der Waals surface area contributed by atoms with Crippen LogP contribution in [0.2, 0.25) is 0 Å². The van der Waals surface area contributed by atoms with Gasteiger partial charge in [0.25, 0.3) is 0 Å². The van der Waals surface area contributed by atoms with Gasteiger partial charge in [0, 0.05) is 16.8 Å². The lowest BCUT2D eigenvalue weighted by atomic mass is 10.1. The van der Waals surface area contributed by atoms with Crippen LogP contribution < -0.4 is 5.73 Å². The average Bonchev–Trinajstić information content (AvgIpc) is 2.37. The molecule has 0 fully saturated rings. The van der Waals surface area contributed by atoms with Crippen molar-refractivity contribution >= 4 is 5.82 Å². The molecular weight excluding hydrogens is 286 g/mol. The van der Waals surface area contributed by atoms with Crippen molar-refractivity contribution in [3.05, 3.63) is 40.8 Å². The second kappa shape index (κ2) is 5.31. The topological polar surface area (TPSA) is 51.8 Å². The number of aromatic nitrogens is 2. The molecule has 0 spiro atoms. The van der Waals surface area contributed by atoms with E-state index in [0.717, 1.165) is 12.1 Å². The van der Waals surface area contributed by atoms with Gasteiger partial charge >= 0.3 is 6.18 Å². The number of hydrogen-bond acceptors (Lipinski definition) is 3. The van der Waals surface area contributed by atoms with Crippen LogP contribution in [0.1, 0.15) is 23.7 Å². The highest BCUT2D eigenvalue weighted by Crippen LogP contribution is 2.36. The maximum Gasteiger partial charge on any atom is 0.417 e. The second-order valence-electron chi connectivity index (χ2n) is 4.54. The first-order valence-electron chi connectivity index (χ1n) is 6.24. The zero-order valence-electron chi connectivity index (χ0n) is 11.4. The SMILES string of the molecule is CCc1c(C)nc(-c2ccc(F)cc2C(F)(F)F)nc1N. The predicted octanol–water partition coefficient (Wildman–Crippen LogP) is 3.75. The molecule has 0 aliphatic rings. The van der Waals surface area contributed by atoms with Crippen molar-refractivity contribution in [3.63, 3.8) is 0 Å². The quantitative estimate of drug-likeness (QED) is 0.859. The van der Waals surface area contributed by atoms with Gasteiger partial charge in [-0.3, -0.25) is 0 Å². The van der Waals surface area contributed by atoms with Gasteiger partial charge in [-0.1, -0.05) is 6.92 Å². The van der Waals surface area contributed by atoms with Crippen molar-refractivity contribution < 1.29 is 17.6 Å². The van der Waals surface area contributed by atoms with Gasteiger partial charge in [-0.15, -0.1) is 0 Å². The van der Waals surface area contributed by atoms with Gasteiger partial charge in [0.15, 0.2) is 5.82 Å². The summed E-state index contributed by atoms with van der Waals surface area (Å²) in [5, 5.41) is 0. The lowest BCUT2D eigenvalue weighted by Crippen LogP contribution is -2.11. The molecule has 0 bridgehead atoms. The Hall–Kier alpha value is -2.18. The largest absolute Gasteiger partial charge is 0.417 e. The second-order valence-corrected chi connectivity index (χ2v) is 4.54. The molecule has 0 unspecified atom stereocenters. The van der Waals surface area contributed by atoms with E-state index >= 15 is 0 Å². The molecule has 21 heavy (non-hydrogen) atoms. The normalized spacial score (nSPS) is 11.7. The van der Waals surface area contributed by atoms with Gasteiger partial charge in [-0.25, -0.2) is 14.4 Å². The number of nitrogens with zero attached hydrogens (tertiary/aromatic N) is 2. The van der Waals surface area contributed by atoms with E-state index in [2.05, 4.69) is 9.97 Å². The third-order valence-corrected chi connectivity index (χ3v) is 3.13. The van der Waals surface area contributed by atoms with E-state index in [0.29, 0.717) is 23.7 Å². The number of nitrogens with two attached hydrogens (primary N) is 1. The van der Waals surface area contributed by atoms with E-state index in [1.807, 2.05) is 6.92 Å². The van der Waals surface area contributed by atoms with E-state index < -0.39 is 17.6 Å². The van der Waals surface area contributed by atoms with Crippen molar-refractivity contribution in [1.29, 1.82) is 0 Å². The summed E-state index contributed by atoms with van der Waals surface area (Å²) in [6.45, 7) is 3.50. The molecule has 2 N–H and O–H groups in total. The molecule has 3 nitrogen and oxygen atoms in total. The van der Waals surface area contributed by atoms with E-state index in [9.17, 15) is 17.6 Å². The Morgan fingerprint density at radius 3 is 2.38 bits per heavy atom. The summed E-state index contributed by atoms with van der Waals surface area (Å²) >= 11 is 0. The van der Waals surface area contributed by atoms with Crippen LogP contribution >= 0.6 is 0 Å². The summed E-state index contributed by atoms with van der Waals surface area (Å²) in [6, 6.07) is 2.38. The lowest BCUT2D eigenvalue weighted by molar-refractivity contribution is -0.137. The molecule has 1 aromatic carbocycles. The minimum absolute atomic E-state index is 0.137. The molecule has 7 heteroatoms. The number of nitrogen functional groups attached to an aromatic ring is 1. The van der Waals surface area contributed by atoms with Gasteiger partial charge in [-0.2, -0.15) is 13.2 Å². The number of anilines is 1. The van der Waals surface area contributed by atoms with Gasteiger partial charge < -0.3 is 5.73 Å². The number of halogens is 4. The van der Waals surface area contributed by atoms with E-state index in [4.69, 9.17) is 5.73 Å². The van der Waals surface area contributed by atoms with Crippen LogP contribution in [0.5, 0.6) is 0 Å². The van der Waals surface area contributed by atoms with E-state index in [1.165, 1.54) is 0 Å². The third-order valence-electron chi connectivity index (χ3n) is 3.13. The molecule has 1 heterocycles. The number of hydrogen-bond donors (Lipinski definition) is 1. The van der Waals surface area contributed by atoms with Crippen molar-refractivity contribution in [3.8, 4) is 11.4 Å². The minimum Gasteiger partial charge on any atom is -0.383 e. The highest BCUT2D eigenvalue weighted by Gasteiger charge is 2.35. The van der Waals surface area contributed by atoms with E-state index in [1.54, 1.807) is 6.92 Å². The first-order chi connectivity index (χ1) is 9.74. The van der Waals surface area contributed by atoms with Crippen molar-refractivity contribution in [2.24, 2.45) is 0 Å².